The van der Waals surface area contributed by atoms with E-state index in [9.17, 15) is 14.4 Å². The maximum atomic E-state index is 13.9. The summed E-state index contributed by atoms with van der Waals surface area (Å²) in [6, 6.07) is 3.56. The van der Waals surface area contributed by atoms with Crippen LogP contribution in [0.25, 0.3) is 0 Å². The Morgan fingerprint density at radius 3 is 2.62 bits per heavy atom. The van der Waals surface area contributed by atoms with Gasteiger partial charge in [-0.25, -0.2) is 4.79 Å². The van der Waals surface area contributed by atoms with Gasteiger partial charge in [0.15, 0.2) is 6.61 Å². The normalized spacial score (nSPS) is 13.2. The van der Waals surface area contributed by atoms with Crippen LogP contribution in [-0.4, -0.2) is 36.5 Å². The number of pyridine rings is 1. The fraction of sp³-hybridized carbons (Fsp3) is 0.333. The molecular weight excluding hydrogens is 499 g/mol. The number of thiophene rings is 1. The third-order valence-electron chi connectivity index (χ3n) is 5.22. The first-order chi connectivity index (χ1) is 16.4. The van der Waals surface area contributed by atoms with Gasteiger partial charge in [-0.15, -0.1) is 17.8 Å². The van der Waals surface area contributed by atoms with Crippen molar-refractivity contribution < 1.29 is 23.9 Å². The van der Waals surface area contributed by atoms with Crippen LogP contribution in [0.5, 0.6) is 0 Å². The van der Waals surface area contributed by atoms with E-state index >= 15 is 0 Å². The molecule has 1 aliphatic rings. The molecule has 0 spiro atoms. The summed E-state index contributed by atoms with van der Waals surface area (Å²) in [4.78, 5) is 44.3. The Morgan fingerprint density at radius 2 is 1.97 bits per heavy atom. The van der Waals surface area contributed by atoms with Crippen molar-refractivity contribution in [1.82, 2.24) is 4.98 Å². The number of aromatic nitrogens is 1. The van der Waals surface area contributed by atoms with Crippen LogP contribution in [0.3, 0.4) is 0 Å². The number of methoxy groups -OCH3 is 1. The van der Waals surface area contributed by atoms with Crippen LogP contribution in [0.15, 0.2) is 35.7 Å². The van der Waals surface area contributed by atoms with Gasteiger partial charge in [0, 0.05) is 28.4 Å². The molecule has 0 bridgehead atoms. The van der Waals surface area contributed by atoms with Crippen LogP contribution >= 0.6 is 34.5 Å². The Hall–Kier alpha value is -2.86. The largest absolute Gasteiger partial charge is 0.469 e. The SMILES string of the molecule is C#CCOC(=O)C1=C(C(=O)N(Cc2cccnc2)c2c(Cl)sc(CC(=O)OC)c2Cl)CCCC1. The van der Waals surface area contributed by atoms with Crippen LogP contribution in [0.4, 0.5) is 5.69 Å². The Bertz CT molecular complexity index is 1150. The van der Waals surface area contributed by atoms with E-state index in [4.69, 9.17) is 39.1 Å². The van der Waals surface area contributed by atoms with Gasteiger partial charge in [0.25, 0.3) is 5.91 Å². The average Bonchev–Trinajstić information content (AvgIpc) is 3.13. The zero-order chi connectivity index (χ0) is 24.7. The number of rotatable bonds is 8. The van der Waals surface area contributed by atoms with Crippen LogP contribution in [0.1, 0.15) is 36.1 Å². The standard InChI is InChI=1S/C24H22Cl2N2O5S/c1-3-11-33-24(31)17-9-5-4-8-16(17)23(30)28(14-15-7-6-10-27-13-15)21-20(25)18(34-22(21)26)12-19(29)32-2/h1,6-7,10,13H,4-5,8-9,11-12,14H2,2H3. The van der Waals surface area contributed by atoms with Crippen molar-refractivity contribution in [2.24, 2.45) is 0 Å². The summed E-state index contributed by atoms with van der Waals surface area (Å²) in [6.45, 7) is -0.0705. The van der Waals surface area contributed by atoms with Crippen LogP contribution < -0.4 is 4.90 Å². The molecule has 0 fully saturated rings. The molecule has 34 heavy (non-hydrogen) atoms. The summed E-state index contributed by atoms with van der Waals surface area (Å²) in [6.07, 6.45) is 10.7. The molecule has 10 heteroatoms. The molecule has 0 aromatic carbocycles. The lowest BCUT2D eigenvalue weighted by Crippen LogP contribution is -2.34. The summed E-state index contributed by atoms with van der Waals surface area (Å²) < 4.78 is 10.1. The van der Waals surface area contributed by atoms with Gasteiger partial charge in [0.05, 0.1) is 30.8 Å². The van der Waals surface area contributed by atoms with E-state index in [0.29, 0.717) is 28.9 Å². The second-order valence-electron chi connectivity index (χ2n) is 7.41. The highest BCUT2D eigenvalue weighted by Crippen LogP contribution is 2.45. The van der Waals surface area contributed by atoms with Crippen LogP contribution in [-0.2, 0) is 36.8 Å². The van der Waals surface area contributed by atoms with E-state index in [1.54, 1.807) is 18.5 Å². The number of amides is 1. The van der Waals surface area contributed by atoms with Gasteiger partial charge in [-0.1, -0.05) is 35.2 Å². The predicted octanol–water partition coefficient (Wildman–Crippen LogP) is 4.75. The van der Waals surface area contributed by atoms with Crippen LogP contribution in [0, 0.1) is 12.3 Å². The fourth-order valence-corrected chi connectivity index (χ4v) is 5.47. The lowest BCUT2D eigenvalue weighted by Gasteiger charge is -2.27. The number of ether oxygens (including phenoxy) is 2. The summed E-state index contributed by atoms with van der Waals surface area (Å²) >= 11 is 14.3. The molecular formula is C24H22Cl2N2O5S. The number of halogens is 2. The van der Waals surface area contributed by atoms with Gasteiger partial charge in [-0.2, -0.15) is 0 Å². The van der Waals surface area contributed by atoms with Crippen LogP contribution in [0.2, 0.25) is 9.36 Å². The molecule has 178 valence electrons. The number of anilines is 1. The number of carbonyl (C=O) groups excluding carboxylic acids is 3. The van der Waals surface area contributed by atoms with Crippen molar-refractivity contribution in [1.29, 1.82) is 0 Å². The third kappa shape index (κ3) is 5.98. The number of hydrogen-bond donors (Lipinski definition) is 0. The molecule has 7 nitrogen and oxygen atoms in total. The van der Waals surface area contributed by atoms with Gasteiger partial charge < -0.3 is 14.4 Å². The summed E-state index contributed by atoms with van der Waals surface area (Å²) in [7, 11) is 1.28. The second-order valence-corrected chi connectivity index (χ2v) is 9.50. The van der Waals surface area contributed by atoms with E-state index < -0.39 is 17.8 Å². The third-order valence-corrected chi connectivity index (χ3v) is 7.12. The van der Waals surface area contributed by atoms with Gasteiger partial charge in [0.2, 0.25) is 0 Å². The number of esters is 2. The zero-order valence-corrected chi connectivity index (χ0v) is 20.8. The molecule has 0 saturated heterocycles. The minimum atomic E-state index is -0.601. The molecule has 2 aromatic rings. The molecule has 3 rings (SSSR count). The smallest absolute Gasteiger partial charge is 0.335 e. The van der Waals surface area contributed by atoms with E-state index in [1.165, 1.54) is 12.0 Å². The molecule has 1 amide bonds. The van der Waals surface area contributed by atoms with Crippen molar-refractivity contribution in [2.75, 3.05) is 18.6 Å². The highest BCUT2D eigenvalue weighted by atomic mass is 35.5. The Morgan fingerprint density at radius 1 is 1.24 bits per heavy atom. The van der Waals surface area contributed by atoms with Crippen molar-refractivity contribution in [3.63, 3.8) is 0 Å². The van der Waals surface area contributed by atoms with E-state index in [0.717, 1.165) is 29.7 Å². The Balaban J connectivity index is 2.07. The van der Waals surface area contributed by atoms with E-state index in [1.807, 2.05) is 6.07 Å². The first-order valence-electron chi connectivity index (χ1n) is 10.4. The maximum absolute atomic E-state index is 13.9. The number of hydrogen-bond acceptors (Lipinski definition) is 7. The average molecular weight is 521 g/mol. The van der Waals surface area contributed by atoms with E-state index in [2.05, 4.69) is 10.9 Å². The molecule has 2 heterocycles. The second kappa shape index (κ2) is 12.0. The topological polar surface area (TPSA) is 85.8 Å². The zero-order valence-electron chi connectivity index (χ0n) is 18.4. The van der Waals surface area contributed by atoms with Gasteiger partial charge in [-0.3, -0.25) is 14.6 Å². The number of terminal acetylenes is 1. The number of nitrogens with zero attached hydrogens (tertiary/aromatic N) is 2. The molecule has 2 aromatic heterocycles. The fourth-order valence-electron chi connectivity index (χ4n) is 3.61. The van der Waals surface area contributed by atoms with Crippen molar-refractivity contribution in [2.45, 2.75) is 38.6 Å². The van der Waals surface area contributed by atoms with Gasteiger partial charge >= 0.3 is 11.9 Å². The molecule has 0 aliphatic heterocycles. The molecule has 0 atom stereocenters. The van der Waals surface area contributed by atoms with E-state index in [-0.39, 0.29) is 34.6 Å². The molecule has 0 radical (unpaired) electrons. The molecule has 0 unspecified atom stereocenters. The minimum absolute atomic E-state index is 0.0823. The summed E-state index contributed by atoms with van der Waals surface area (Å²) in [5.74, 6) is 0.765. The molecule has 1 aliphatic carbocycles. The monoisotopic (exact) mass is 520 g/mol. The van der Waals surface area contributed by atoms with Crippen molar-refractivity contribution in [3.8, 4) is 12.3 Å². The first-order valence-corrected chi connectivity index (χ1v) is 12.0. The summed E-state index contributed by atoms with van der Waals surface area (Å²) in [5.41, 5.74) is 1.65. The van der Waals surface area contributed by atoms with Gasteiger partial charge in [-0.05, 0) is 37.3 Å². The van der Waals surface area contributed by atoms with Crippen molar-refractivity contribution >= 4 is 58.1 Å². The lowest BCUT2D eigenvalue weighted by molar-refractivity contribution is -0.140. The quantitative estimate of drug-likeness (QED) is 0.368. The first kappa shape index (κ1) is 25.8. The predicted molar refractivity (Wildman–Crippen MR) is 131 cm³/mol. The minimum Gasteiger partial charge on any atom is -0.469 e. The highest BCUT2D eigenvalue weighted by Gasteiger charge is 2.32. The summed E-state index contributed by atoms with van der Waals surface area (Å²) in [5, 5.41) is 0.186. The number of carbonyl (C=O) groups is 3. The lowest BCUT2D eigenvalue weighted by atomic mass is 9.90. The maximum Gasteiger partial charge on any atom is 0.335 e. The highest BCUT2D eigenvalue weighted by molar-refractivity contribution is 7.17. The van der Waals surface area contributed by atoms with Crippen molar-refractivity contribution in [3.05, 3.63) is 55.5 Å². The molecule has 0 N–H and O–H groups in total. The Labute approximate surface area is 211 Å². The molecule has 0 saturated carbocycles. The Kier molecular flexibility index (Phi) is 9.11. The van der Waals surface area contributed by atoms with Gasteiger partial charge in [0.1, 0.15) is 4.34 Å².